The first-order chi connectivity index (χ1) is 24.6. The van der Waals surface area contributed by atoms with Gasteiger partial charge in [0, 0.05) is 17.8 Å². The molecule has 4 aliphatic carbocycles. The van der Waals surface area contributed by atoms with Gasteiger partial charge in [0.15, 0.2) is 18.4 Å². The van der Waals surface area contributed by atoms with E-state index in [0.717, 1.165) is 51.4 Å². The van der Waals surface area contributed by atoms with Crippen molar-refractivity contribution in [2.24, 2.45) is 40.4 Å². The van der Waals surface area contributed by atoms with Crippen LogP contribution in [-0.4, -0.2) is 134 Å². The van der Waals surface area contributed by atoms with E-state index >= 15 is 0 Å². The van der Waals surface area contributed by atoms with E-state index in [9.17, 15) is 35.7 Å². The lowest BCUT2D eigenvalue weighted by molar-refractivity contribution is -0.361. The summed E-state index contributed by atoms with van der Waals surface area (Å²) < 4.78 is 36.9. The smallest absolute Gasteiger partial charge is 0.187 e. The van der Waals surface area contributed by atoms with Crippen LogP contribution in [0.3, 0.4) is 0 Å². The molecule has 4 heterocycles. The van der Waals surface area contributed by atoms with Crippen LogP contribution in [0.5, 0.6) is 0 Å². The van der Waals surface area contributed by atoms with Crippen molar-refractivity contribution in [2.75, 3.05) is 13.2 Å². The van der Waals surface area contributed by atoms with Crippen molar-refractivity contribution < 1.29 is 64.2 Å². The van der Waals surface area contributed by atoms with E-state index in [-0.39, 0.29) is 29.0 Å². The van der Waals surface area contributed by atoms with Gasteiger partial charge in [0.25, 0.3) is 0 Å². The fourth-order valence-electron chi connectivity index (χ4n) is 12.5. The van der Waals surface area contributed by atoms with Crippen LogP contribution in [0, 0.1) is 40.4 Å². The highest BCUT2D eigenvalue weighted by molar-refractivity contribution is 5.29. The number of fused-ring (bicyclic) bond motifs is 7. The molecule has 0 aromatic rings. The van der Waals surface area contributed by atoms with Crippen LogP contribution in [0.4, 0.5) is 0 Å². The van der Waals surface area contributed by atoms with Gasteiger partial charge in [-0.3, -0.25) is 0 Å². The summed E-state index contributed by atoms with van der Waals surface area (Å²) in [6.45, 7) is 10.7. The van der Waals surface area contributed by atoms with Crippen LogP contribution >= 0.6 is 0 Å². The molecule has 7 fully saturated rings. The zero-order valence-corrected chi connectivity index (χ0v) is 31.3. The lowest BCUT2D eigenvalue weighted by Crippen LogP contribution is -2.64. The summed E-state index contributed by atoms with van der Waals surface area (Å²) in [4.78, 5) is 0. The molecule has 17 unspecified atom stereocenters. The van der Waals surface area contributed by atoms with Gasteiger partial charge in [-0.25, -0.2) is 0 Å². The van der Waals surface area contributed by atoms with E-state index in [0.29, 0.717) is 36.7 Å². The van der Waals surface area contributed by atoms with Gasteiger partial charge in [0.2, 0.25) is 0 Å². The normalized spacial score (nSPS) is 58.9. The summed E-state index contributed by atoms with van der Waals surface area (Å²) in [7, 11) is 0. The first-order valence-corrected chi connectivity index (χ1v) is 19.9. The second kappa shape index (κ2) is 13.4. The standard InChI is InChI=1S/C39H62O13/c1-18-8-13-38(47-17-18)20(3)39(46)27(52-38)15-25-23-7-6-21-14-22(9-11-36(21,4)24(23)10-12-37(25,39)5)49-35-32(45)33(29(42)26(16-40)50-35)51-34-31(44)30(43)28(41)19(2)48-34/h6,18-20,22-35,40-46H,7-17H2,1-5H3/t18?,19?,20?,22?,23?,24?,25?,26?,27?,28?,29?,30?,31?,32?,33?,34?,35?,36-,37-,38+,39+/m0/s1. The SMILES string of the molecule is CC1CC[C@@]2(OC1)OC1CC3C4CC=C5CC(OC6OC(CO)C(O)C(OC7OC(C)C(O)C(O)C7O)C6O)CC[C@]5(C)C4CC[C@]3(C)[C@@]1(O)C2C. The summed E-state index contributed by atoms with van der Waals surface area (Å²) in [6.07, 6.45) is -3.80. The minimum absolute atomic E-state index is 0.0290. The lowest BCUT2D eigenvalue weighted by atomic mass is 9.46. The molecular formula is C39H62O13. The molecule has 0 aromatic carbocycles. The number of rotatable bonds is 5. The molecule has 0 radical (unpaired) electrons. The van der Waals surface area contributed by atoms with Crippen molar-refractivity contribution >= 4 is 0 Å². The highest BCUT2D eigenvalue weighted by atomic mass is 16.7. The molecule has 0 aromatic heterocycles. The minimum atomic E-state index is -1.63. The predicted molar refractivity (Wildman–Crippen MR) is 183 cm³/mol. The molecule has 0 amide bonds. The first kappa shape index (κ1) is 38.1. The first-order valence-electron chi connectivity index (χ1n) is 19.9. The quantitative estimate of drug-likeness (QED) is 0.201. The van der Waals surface area contributed by atoms with Crippen molar-refractivity contribution in [3.05, 3.63) is 11.6 Å². The monoisotopic (exact) mass is 738 g/mol. The number of allylic oxidation sites excluding steroid dienone is 1. The largest absolute Gasteiger partial charge is 0.394 e. The third kappa shape index (κ3) is 5.50. The van der Waals surface area contributed by atoms with E-state index in [1.165, 1.54) is 12.5 Å². The lowest BCUT2D eigenvalue weighted by Gasteiger charge is -2.60. The Bertz CT molecular complexity index is 1350. The second-order valence-corrected chi connectivity index (χ2v) is 18.4. The molecule has 4 aliphatic heterocycles. The predicted octanol–water partition coefficient (Wildman–Crippen LogP) is 1.50. The van der Waals surface area contributed by atoms with Gasteiger partial charge < -0.3 is 64.2 Å². The number of ether oxygens (including phenoxy) is 6. The maximum Gasteiger partial charge on any atom is 0.187 e. The van der Waals surface area contributed by atoms with Crippen LogP contribution in [0.2, 0.25) is 0 Å². The highest BCUT2D eigenvalue weighted by Gasteiger charge is 2.76. The molecule has 52 heavy (non-hydrogen) atoms. The Balaban J connectivity index is 0.952. The van der Waals surface area contributed by atoms with E-state index in [1.807, 2.05) is 0 Å². The molecule has 296 valence electrons. The average molecular weight is 739 g/mol. The Morgan fingerprint density at radius 1 is 0.827 bits per heavy atom. The molecule has 0 bridgehead atoms. The fraction of sp³-hybridized carbons (Fsp3) is 0.949. The molecular weight excluding hydrogens is 676 g/mol. The highest BCUT2D eigenvalue weighted by Crippen LogP contribution is 2.72. The van der Waals surface area contributed by atoms with Crippen molar-refractivity contribution in [3.8, 4) is 0 Å². The molecule has 1 spiro atoms. The molecule has 3 saturated carbocycles. The summed E-state index contributed by atoms with van der Waals surface area (Å²) in [5, 5.41) is 75.9. The van der Waals surface area contributed by atoms with Crippen LogP contribution in [0.25, 0.3) is 0 Å². The zero-order valence-electron chi connectivity index (χ0n) is 31.3. The third-order valence-corrected chi connectivity index (χ3v) is 15.8. The Morgan fingerprint density at radius 2 is 1.58 bits per heavy atom. The second-order valence-electron chi connectivity index (χ2n) is 18.4. The third-order valence-electron chi connectivity index (χ3n) is 15.8. The minimum Gasteiger partial charge on any atom is -0.394 e. The van der Waals surface area contributed by atoms with Gasteiger partial charge >= 0.3 is 0 Å². The van der Waals surface area contributed by atoms with Crippen LogP contribution < -0.4 is 0 Å². The number of hydrogen-bond donors (Lipinski definition) is 7. The Labute approximate surface area is 306 Å². The topological polar surface area (TPSA) is 197 Å². The van der Waals surface area contributed by atoms with Crippen molar-refractivity contribution in [1.29, 1.82) is 0 Å². The Kier molecular flexibility index (Phi) is 9.83. The van der Waals surface area contributed by atoms with E-state index in [1.54, 1.807) is 0 Å². The van der Waals surface area contributed by atoms with Gasteiger partial charge in [0.1, 0.15) is 48.3 Å². The van der Waals surface area contributed by atoms with Crippen LogP contribution in [0.15, 0.2) is 11.6 Å². The van der Waals surface area contributed by atoms with Gasteiger partial charge in [-0.1, -0.05) is 39.3 Å². The molecule has 13 nitrogen and oxygen atoms in total. The Hall–Kier alpha value is -0.780. The van der Waals surface area contributed by atoms with Crippen molar-refractivity contribution in [3.63, 3.8) is 0 Å². The summed E-state index contributed by atoms with van der Waals surface area (Å²) in [5.41, 5.74) is 0.128. The van der Waals surface area contributed by atoms with Gasteiger partial charge in [-0.2, -0.15) is 0 Å². The molecule has 4 saturated heterocycles. The number of aliphatic hydroxyl groups excluding tert-OH is 6. The zero-order chi connectivity index (χ0) is 37.1. The van der Waals surface area contributed by atoms with Gasteiger partial charge in [-0.05, 0) is 87.4 Å². The average Bonchev–Trinajstić information content (AvgIpc) is 3.48. The summed E-state index contributed by atoms with van der Waals surface area (Å²) in [6, 6.07) is 0. The molecule has 8 aliphatic rings. The van der Waals surface area contributed by atoms with Crippen molar-refractivity contribution in [1.82, 2.24) is 0 Å². The van der Waals surface area contributed by atoms with E-state index < -0.39 is 79.4 Å². The van der Waals surface area contributed by atoms with Gasteiger partial charge in [0.05, 0.1) is 31.5 Å². The number of aliphatic hydroxyl groups is 7. The Morgan fingerprint density at radius 3 is 2.29 bits per heavy atom. The maximum atomic E-state index is 12.7. The molecule has 8 rings (SSSR count). The van der Waals surface area contributed by atoms with Crippen molar-refractivity contribution in [2.45, 2.75) is 177 Å². The van der Waals surface area contributed by atoms with E-state index in [4.69, 9.17) is 28.4 Å². The maximum absolute atomic E-state index is 12.7. The van der Waals surface area contributed by atoms with Crippen LogP contribution in [0.1, 0.15) is 92.4 Å². The van der Waals surface area contributed by atoms with E-state index in [2.05, 4.69) is 33.8 Å². The molecule has 21 atom stereocenters. The summed E-state index contributed by atoms with van der Waals surface area (Å²) >= 11 is 0. The van der Waals surface area contributed by atoms with Crippen LogP contribution in [-0.2, 0) is 28.4 Å². The number of hydrogen-bond acceptors (Lipinski definition) is 13. The molecule has 7 N–H and O–H groups in total. The fourth-order valence-corrected chi connectivity index (χ4v) is 12.5. The summed E-state index contributed by atoms with van der Waals surface area (Å²) in [5.74, 6) is 0.963. The molecule has 13 heteroatoms. The van der Waals surface area contributed by atoms with Gasteiger partial charge in [-0.15, -0.1) is 0 Å².